The lowest BCUT2D eigenvalue weighted by Gasteiger charge is -2.21. The summed E-state index contributed by atoms with van der Waals surface area (Å²) in [5.74, 6) is -0.512. The van der Waals surface area contributed by atoms with Crippen LogP contribution in [0.4, 0.5) is 5.82 Å². The van der Waals surface area contributed by atoms with Gasteiger partial charge in [-0.1, -0.05) is 42.5 Å². The number of rotatable bonds is 7. The smallest absolute Gasteiger partial charge is 0.337 e. The zero-order valence-corrected chi connectivity index (χ0v) is 17.4. The third-order valence-corrected chi connectivity index (χ3v) is 5.24. The van der Waals surface area contributed by atoms with Gasteiger partial charge in [0.05, 0.1) is 28.8 Å². The molecule has 0 aliphatic carbocycles. The van der Waals surface area contributed by atoms with Crippen molar-refractivity contribution in [1.29, 1.82) is 5.26 Å². The number of hydrogen-bond donors (Lipinski definition) is 3. The summed E-state index contributed by atoms with van der Waals surface area (Å²) in [6, 6.07) is 22.5. The normalized spacial score (nSPS) is 11.6. The number of carbonyl (C=O) groups is 1. The Kier molecular flexibility index (Phi) is 6.06. The van der Waals surface area contributed by atoms with E-state index in [9.17, 15) is 9.90 Å². The first-order valence-electron chi connectivity index (χ1n) is 10.1. The van der Waals surface area contributed by atoms with E-state index in [0.717, 1.165) is 11.1 Å². The van der Waals surface area contributed by atoms with Gasteiger partial charge >= 0.3 is 5.97 Å². The molecule has 1 aromatic heterocycles. The number of hydrogen-bond acceptors (Lipinski definition) is 6. The monoisotopic (exact) mass is 423 g/mol. The minimum atomic E-state index is -1.06. The number of fused-ring (bicyclic) bond motifs is 1. The highest BCUT2D eigenvalue weighted by Crippen LogP contribution is 2.31. The van der Waals surface area contributed by atoms with Crippen molar-refractivity contribution in [2.24, 2.45) is 0 Å². The molecule has 0 fully saturated rings. The number of nitrogens with one attached hydrogen (secondary N) is 2. The lowest BCUT2D eigenvalue weighted by atomic mass is 9.98. The third kappa shape index (κ3) is 4.26. The van der Waals surface area contributed by atoms with Gasteiger partial charge < -0.3 is 15.7 Å². The highest BCUT2D eigenvalue weighted by atomic mass is 16.4. The Bertz CT molecular complexity index is 1300. The average Bonchev–Trinajstić information content (AvgIpc) is 2.84. The maximum absolute atomic E-state index is 12.0. The molecule has 0 saturated heterocycles. The Balaban J connectivity index is 1.85. The molecule has 3 aromatic carbocycles. The van der Waals surface area contributed by atoms with Gasteiger partial charge in [0.1, 0.15) is 12.1 Å². The van der Waals surface area contributed by atoms with Crippen molar-refractivity contribution in [3.05, 3.63) is 89.7 Å². The van der Waals surface area contributed by atoms with Crippen LogP contribution in [0, 0.1) is 11.3 Å². The van der Waals surface area contributed by atoms with E-state index >= 15 is 0 Å². The summed E-state index contributed by atoms with van der Waals surface area (Å²) < 4.78 is 0. The second-order valence-electron chi connectivity index (χ2n) is 7.30. The minimum absolute atomic E-state index is 0.0776. The largest absolute Gasteiger partial charge is 0.478 e. The SMILES string of the molecule is CNCC(Nc1ncnc2c(C(=O)O)cc(-c3ccc(C#N)cc3)cc12)c1ccccc1. The second-order valence-corrected chi connectivity index (χ2v) is 7.30. The van der Waals surface area contributed by atoms with Crippen LogP contribution in [0.5, 0.6) is 0 Å². The lowest BCUT2D eigenvalue weighted by molar-refractivity contribution is 0.0699. The summed E-state index contributed by atoms with van der Waals surface area (Å²) in [6.07, 6.45) is 1.37. The number of nitriles is 1. The number of nitrogens with zero attached hydrogens (tertiary/aromatic N) is 3. The number of likely N-dealkylation sites (N-methyl/N-ethyl adjacent to an activating group) is 1. The lowest BCUT2D eigenvalue weighted by Crippen LogP contribution is -2.24. The van der Waals surface area contributed by atoms with E-state index in [4.69, 9.17) is 5.26 Å². The maximum atomic E-state index is 12.0. The van der Waals surface area contributed by atoms with Crippen molar-refractivity contribution in [3.63, 3.8) is 0 Å². The molecule has 1 unspecified atom stereocenters. The molecule has 0 aliphatic heterocycles. The molecule has 32 heavy (non-hydrogen) atoms. The van der Waals surface area contributed by atoms with Gasteiger partial charge in [-0.25, -0.2) is 14.8 Å². The van der Waals surface area contributed by atoms with E-state index in [-0.39, 0.29) is 11.6 Å². The van der Waals surface area contributed by atoms with Crippen molar-refractivity contribution >= 4 is 22.7 Å². The zero-order chi connectivity index (χ0) is 22.5. The first-order valence-corrected chi connectivity index (χ1v) is 10.1. The van der Waals surface area contributed by atoms with Gasteiger partial charge in [0.15, 0.2) is 0 Å². The van der Waals surface area contributed by atoms with Crippen molar-refractivity contribution in [3.8, 4) is 17.2 Å². The molecule has 4 rings (SSSR count). The first-order chi connectivity index (χ1) is 15.6. The number of carboxylic acid groups (broad SMARTS) is 1. The fourth-order valence-corrected chi connectivity index (χ4v) is 3.66. The zero-order valence-electron chi connectivity index (χ0n) is 17.4. The van der Waals surface area contributed by atoms with Crippen LogP contribution in [0.2, 0.25) is 0 Å². The van der Waals surface area contributed by atoms with Crippen LogP contribution in [0.25, 0.3) is 22.0 Å². The molecule has 7 nitrogen and oxygen atoms in total. The average molecular weight is 423 g/mol. The van der Waals surface area contributed by atoms with Gasteiger partial charge in [0.2, 0.25) is 0 Å². The molecule has 0 saturated carbocycles. The molecule has 0 aliphatic rings. The molecule has 3 N–H and O–H groups in total. The van der Waals surface area contributed by atoms with Gasteiger partial charge in [-0.3, -0.25) is 0 Å². The minimum Gasteiger partial charge on any atom is -0.478 e. The molecular weight excluding hydrogens is 402 g/mol. The summed E-state index contributed by atoms with van der Waals surface area (Å²) >= 11 is 0. The highest BCUT2D eigenvalue weighted by molar-refractivity contribution is 6.06. The topological polar surface area (TPSA) is 111 Å². The van der Waals surface area contributed by atoms with Crippen LogP contribution in [0.15, 0.2) is 73.1 Å². The highest BCUT2D eigenvalue weighted by Gasteiger charge is 2.18. The molecule has 1 atom stereocenters. The third-order valence-electron chi connectivity index (χ3n) is 5.24. The number of aromatic carboxylic acids is 1. The van der Waals surface area contributed by atoms with Crippen LogP contribution in [0.1, 0.15) is 27.5 Å². The van der Waals surface area contributed by atoms with Crippen molar-refractivity contribution in [2.45, 2.75) is 6.04 Å². The van der Waals surface area contributed by atoms with Gasteiger partial charge in [-0.05, 0) is 48.0 Å². The quantitative estimate of drug-likeness (QED) is 0.408. The summed E-state index contributed by atoms with van der Waals surface area (Å²) in [5, 5.41) is 26.1. The fraction of sp³-hybridized carbons (Fsp3) is 0.120. The molecule has 7 heteroatoms. The van der Waals surface area contributed by atoms with E-state index in [0.29, 0.717) is 34.4 Å². The van der Waals surface area contributed by atoms with E-state index < -0.39 is 5.97 Å². The Morgan fingerprint density at radius 2 is 1.81 bits per heavy atom. The van der Waals surface area contributed by atoms with Crippen LogP contribution in [-0.2, 0) is 0 Å². The summed E-state index contributed by atoms with van der Waals surface area (Å²) in [7, 11) is 1.88. The predicted molar refractivity (Wildman–Crippen MR) is 123 cm³/mol. The molecular formula is C25H21N5O2. The van der Waals surface area contributed by atoms with Gasteiger partial charge in [0.25, 0.3) is 0 Å². The molecule has 158 valence electrons. The Hall–Kier alpha value is -4.28. The van der Waals surface area contributed by atoms with E-state index in [1.165, 1.54) is 6.33 Å². The van der Waals surface area contributed by atoms with Crippen molar-refractivity contribution in [2.75, 3.05) is 18.9 Å². The van der Waals surface area contributed by atoms with Crippen LogP contribution >= 0.6 is 0 Å². The molecule has 1 heterocycles. The second kappa shape index (κ2) is 9.25. The molecule has 0 radical (unpaired) electrons. The molecule has 0 spiro atoms. The van der Waals surface area contributed by atoms with Gasteiger partial charge in [-0.15, -0.1) is 0 Å². The van der Waals surface area contributed by atoms with E-state index in [1.807, 2.05) is 43.4 Å². The summed E-state index contributed by atoms with van der Waals surface area (Å²) in [6.45, 7) is 0.649. The van der Waals surface area contributed by atoms with Crippen LogP contribution in [0.3, 0.4) is 0 Å². The summed E-state index contributed by atoms with van der Waals surface area (Å²) in [5.41, 5.74) is 3.59. The van der Waals surface area contributed by atoms with E-state index in [1.54, 1.807) is 30.3 Å². The number of benzene rings is 3. The molecule has 0 amide bonds. The van der Waals surface area contributed by atoms with Gasteiger partial charge in [0, 0.05) is 11.9 Å². The molecule has 4 aromatic rings. The van der Waals surface area contributed by atoms with E-state index in [2.05, 4.69) is 26.7 Å². The summed E-state index contributed by atoms with van der Waals surface area (Å²) in [4.78, 5) is 20.7. The Labute approximate surface area is 185 Å². The Morgan fingerprint density at radius 1 is 1.06 bits per heavy atom. The van der Waals surface area contributed by atoms with Crippen LogP contribution < -0.4 is 10.6 Å². The van der Waals surface area contributed by atoms with Gasteiger partial charge in [-0.2, -0.15) is 5.26 Å². The fourth-order valence-electron chi connectivity index (χ4n) is 3.66. The first kappa shape index (κ1) is 21.0. The number of carboxylic acids is 1. The maximum Gasteiger partial charge on any atom is 0.337 e. The number of aromatic nitrogens is 2. The number of anilines is 1. The van der Waals surface area contributed by atoms with Crippen LogP contribution in [-0.4, -0.2) is 34.6 Å². The predicted octanol–water partition coefficient (Wildman–Crippen LogP) is 4.24. The van der Waals surface area contributed by atoms with Crippen molar-refractivity contribution < 1.29 is 9.90 Å². The Morgan fingerprint density at radius 3 is 2.47 bits per heavy atom. The molecule has 0 bridgehead atoms. The van der Waals surface area contributed by atoms with Crippen molar-refractivity contribution in [1.82, 2.24) is 15.3 Å². The standard InChI is InChI=1S/C25H21N5O2/c1-27-14-22(18-5-3-2-4-6-18)30-24-20-11-19(17-9-7-16(13-26)8-10-17)12-21(25(31)32)23(20)28-15-29-24/h2-12,15,22,27H,14H2,1H3,(H,31,32)(H,28,29,30).